The third-order valence-corrected chi connectivity index (χ3v) is 6.87. The maximum atomic E-state index is 5.48. The second-order valence-corrected chi connectivity index (χ2v) is 9.00. The fourth-order valence-electron chi connectivity index (χ4n) is 5.05. The van der Waals surface area contributed by atoms with Crippen molar-refractivity contribution in [2.24, 2.45) is 5.92 Å². The number of methoxy groups -OCH3 is 2. The number of aryl methyl sites for hydroxylation is 1. The normalized spacial score (nSPS) is 22.9. The summed E-state index contributed by atoms with van der Waals surface area (Å²) in [4.78, 5) is 11.1. The third-order valence-electron chi connectivity index (χ3n) is 6.87. The summed E-state index contributed by atoms with van der Waals surface area (Å²) in [6.07, 6.45) is 9.22. The number of ether oxygens (including phenoxy) is 2. The van der Waals surface area contributed by atoms with Gasteiger partial charge in [-0.15, -0.1) is 0 Å². The highest BCUT2D eigenvalue weighted by molar-refractivity contribution is 5.80. The number of likely N-dealkylation sites (tertiary alicyclic amines) is 1. The molecule has 1 unspecified atom stereocenters. The molecule has 1 aromatic heterocycles. The van der Waals surface area contributed by atoms with Gasteiger partial charge in [0, 0.05) is 30.3 Å². The predicted octanol–water partition coefficient (Wildman–Crippen LogP) is 5.90. The Morgan fingerprint density at radius 2 is 1.81 bits per heavy atom. The number of H-pyrrole nitrogens is 1. The average Bonchev–Trinajstić information content (AvgIpc) is 3.41. The van der Waals surface area contributed by atoms with Gasteiger partial charge < -0.3 is 19.4 Å². The third kappa shape index (κ3) is 3.66. The molecule has 1 aliphatic heterocycles. The largest absolute Gasteiger partial charge is 0.493 e. The Morgan fingerprint density at radius 3 is 2.56 bits per heavy atom. The molecule has 0 spiro atoms. The molecule has 0 amide bonds. The van der Waals surface area contributed by atoms with E-state index in [9.17, 15) is 0 Å². The lowest BCUT2D eigenvalue weighted by atomic mass is 9.90. The zero-order valence-corrected chi connectivity index (χ0v) is 19.3. The maximum Gasteiger partial charge on any atom is 0.163 e. The van der Waals surface area contributed by atoms with E-state index >= 15 is 0 Å². The number of aromatic nitrogens is 2. The van der Waals surface area contributed by atoms with Gasteiger partial charge >= 0.3 is 0 Å². The number of aromatic amines is 1. The molecule has 1 fully saturated rings. The summed E-state index contributed by atoms with van der Waals surface area (Å²) in [6, 6.07) is 13.1. The summed E-state index contributed by atoms with van der Waals surface area (Å²) in [7, 11) is 3.32. The highest BCUT2D eigenvalue weighted by Gasteiger charge is 2.36. The number of benzene rings is 2. The molecule has 2 aliphatic rings. The van der Waals surface area contributed by atoms with Crippen LogP contribution in [-0.4, -0.2) is 35.6 Å². The van der Waals surface area contributed by atoms with Crippen molar-refractivity contribution in [3.63, 3.8) is 0 Å². The molecule has 3 atom stereocenters. The van der Waals surface area contributed by atoms with Crippen LogP contribution in [0.5, 0.6) is 11.5 Å². The molecule has 5 heteroatoms. The Hall–Kier alpha value is -3.21. The molecule has 2 heterocycles. The van der Waals surface area contributed by atoms with E-state index in [1.54, 1.807) is 14.2 Å². The van der Waals surface area contributed by atoms with Crippen molar-refractivity contribution in [3.05, 3.63) is 77.3 Å². The van der Waals surface area contributed by atoms with E-state index in [1.807, 2.05) is 12.1 Å². The zero-order chi connectivity index (χ0) is 22.2. The molecule has 1 saturated heterocycles. The fraction of sp³-hybridized carbons (Fsp3) is 0.370. The van der Waals surface area contributed by atoms with E-state index in [4.69, 9.17) is 14.5 Å². The summed E-state index contributed by atoms with van der Waals surface area (Å²) in [5, 5.41) is 0. The standard InChI is InChI=1S/C27H31N3O2/c1-17-8-10-19(11-9-17)20-6-5-7-21(14-20)30-13-12-18(2)26(30)27-28-22-15-24(31-3)25(32-4)16-23(22)29-27/h5,7-11,14-16,18,20,26H,6,12-13H2,1-4H3,(H,28,29)/t18-,20?,26-/m0/s1. The van der Waals surface area contributed by atoms with E-state index in [2.05, 4.69) is 66.2 Å². The second kappa shape index (κ2) is 8.38. The number of hydrogen-bond donors (Lipinski definition) is 1. The topological polar surface area (TPSA) is 50.4 Å². The van der Waals surface area contributed by atoms with Crippen LogP contribution >= 0.6 is 0 Å². The molecular weight excluding hydrogens is 398 g/mol. The number of imidazole rings is 1. The molecule has 166 valence electrons. The number of fused-ring (bicyclic) bond motifs is 1. The first-order valence-electron chi connectivity index (χ1n) is 11.4. The molecular formula is C27H31N3O2. The van der Waals surface area contributed by atoms with Crippen LogP contribution in [0.25, 0.3) is 11.0 Å². The molecule has 5 rings (SSSR count). The number of hydrogen-bond acceptors (Lipinski definition) is 4. The fourth-order valence-corrected chi connectivity index (χ4v) is 5.05. The van der Waals surface area contributed by atoms with Gasteiger partial charge in [-0.2, -0.15) is 0 Å². The molecule has 3 aromatic rings. The average molecular weight is 430 g/mol. The lowest BCUT2D eigenvalue weighted by Crippen LogP contribution is -2.26. The van der Waals surface area contributed by atoms with Crippen molar-refractivity contribution in [1.29, 1.82) is 0 Å². The van der Waals surface area contributed by atoms with Gasteiger partial charge in [0.25, 0.3) is 0 Å². The van der Waals surface area contributed by atoms with Crippen LogP contribution in [0.2, 0.25) is 0 Å². The monoisotopic (exact) mass is 429 g/mol. The Balaban J connectivity index is 1.48. The van der Waals surface area contributed by atoms with Gasteiger partial charge in [-0.3, -0.25) is 0 Å². The molecule has 0 radical (unpaired) electrons. The van der Waals surface area contributed by atoms with Crippen LogP contribution in [0.15, 0.2) is 60.3 Å². The van der Waals surface area contributed by atoms with Crippen LogP contribution in [0.4, 0.5) is 0 Å². The minimum atomic E-state index is 0.215. The molecule has 2 aromatic carbocycles. The smallest absolute Gasteiger partial charge is 0.163 e. The summed E-state index contributed by atoms with van der Waals surface area (Å²) in [5.74, 6) is 3.34. The van der Waals surface area contributed by atoms with Crippen molar-refractivity contribution in [2.75, 3.05) is 20.8 Å². The van der Waals surface area contributed by atoms with Gasteiger partial charge in [0.15, 0.2) is 11.5 Å². The maximum absolute atomic E-state index is 5.48. The van der Waals surface area contributed by atoms with Crippen LogP contribution in [0, 0.1) is 12.8 Å². The first-order chi connectivity index (χ1) is 15.6. The van der Waals surface area contributed by atoms with Gasteiger partial charge in [0.1, 0.15) is 5.82 Å². The van der Waals surface area contributed by atoms with E-state index in [0.717, 1.165) is 36.2 Å². The van der Waals surface area contributed by atoms with Crippen LogP contribution in [0.1, 0.15) is 48.7 Å². The van der Waals surface area contributed by atoms with E-state index in [1.165, 1.54) is 16.8 Å². The summed E-state index contributed by atoms with van der Waals surface area (Å²) < 4.78 is 10.9. The first-order valence-corrected chi connectivity index (χ1v) is 11.4. The summed E-state index contributed by atoms with van der Waals surface area (Å²) >= 11 is 0. The molecule has 5 nitrogen and oxygen atoms in total. The van der Waals surface area contributed by atoms with Crippen LogP contribution in [0.3, 0.4) is 0 Å². The highest BCUT2D eigenvalue weighted by atomic mass is 16.5. The Bertz CT molecular complexity index is 1130. The Labute approximate surface area is 189 Å². The van der Waals surface area contributed by atoms with Gasteiger partial charge in [0.05, 0.1) is 31.3 Å². The number of nitrogens with one attached hydrogen (secondary N) is 1. The molecule has 1 aliphatic carbocycles. The van der Waals surface area contributed by atoms with Gasteiger partial charge in [-0.25, -0.2) is 4.98 Å². The summed E-state index contributed by atoms with van der Waals surface area (Å²) in [5.41, 5.74) is 5.86. The predicted molar refractivity (Wildman–Crippen MR) is 128 cm³/mol. The second-order valence-electron chi connectivity index (χ2n) is 9.00. The van der Waals surface area contributed by atoms with Crippen LogP contribution < -0.4 is 9.47 Å². The quantitative estimate of drug-likeness (QED) is 0.549. The minimum absolute atomic E-state index is 0.215. The molecule has 1 N–H and O–H groups in total. The SMILES string of the molecule is COc1cc2nc([C@@H]3[C@@H](C)CCN3C3=CC(c4ccc(C)cc4)CC=C3)[nH]c2cc1OC. The number of nitrogens with zero attached hydrogens (tertiary/aromatic N) is 2. The highest BCUT2D eigenvalue weighted by Crippen LogP contribution is 2.42. The van der Waals surface area contributed by atoms with Crippen molar-refractivity contribution >= 4 is 11.0 Å². The Morgan fingerprint density at radius 1 is 1.06 bits per heavy atom. The van der Waals surface area contributed by atoms with Crippen molar-refractivity contribution in [1.82, 2.24) is 14.9 Å². The van der Waals surface area contributed by atoms with E-state index < -0.39 is 0 Å². The van der Waals surface area contributed by atoms with Crippen LogP contribution in [-0.2, 0) is 0 Å². The minimum Gasteiger partial charge on any atom is -0.493 e. The van der Waals surface area contributed by atoms with Gasteiger partial charge in [-0.05, 0) is 37.3 Å². The Kier molecular flexibility index (Phi) is 5.41. The zero-order valence-electron chi connectivity index (χ0n) is 19.3. The van der Waals surface area contributed by atoms with Gasteiger partial charge in [-0.1, -0.05) is 48.9 Å². The summed E-state index contributed by atoms with van der Waals surface area (Å²) in [6.45, 7) is 5.50. The van der Waals surface area contributed by atoms with Crippen molar-refractivity contribution in [3.8, 4) is 11.5 Å². The number of rotatable bonds is 5. The first kappa shape index (κ1) is 20.7. The molecule has 32 heavy (non-hydrogen) atoms. The van der Waals surface area contributed by atoms with E-state index in [-0.39, 0.29) is 6.04 Å². The van der Waals surface area contributed by atoms with Crippen molar-refractivity contribution in [2.45, 2.75) is 38.6 Å². The lowest BCUT2D eigenvalue weighted by Gasteiger charge is -2.31. The molecule has 0 bridgehead atoms. The lowest BCUT2D eigenvalue weighted by molar-refractivity contribution is 0.289. The van der Waals surface area contributed by atoms with Crippen molar-refractivity contribution < 1.29 is 9.47 Å². The van der Waals surface area contributed by atoms with E-state index in [0.29, 0.717) is 23.3 Å². The van der Waals surface area contributed by atoms with Gasteiger partial charge in [0.2, 0.25) is 0 Å². The number of allylic oxidation sites excluding steroid dienone is 3. The molecule has 0 saturated carbocycles.